The fourth-order valence-corrected chi connectivity index (χ4v) is 2.62. The maximum absolute atomic E-state index is 9.75. The molecule has 0 fully saturated rings. The summed E-state index contributed by atoms with van der Waals surface area (Å²) in [5.74, 6) is 1.30. The van der Waals surface area contributed by atoms with E-state index in [1.165, 1.54) is 5.56 Å². The summed E-state index contributed by atoms with van der Waals surface area (Å²) in [6.07, 6.45) is 0.683. The molecule has 0 saturated carbocycles. The predicted octanol–water partition coefficient (Wildman–Crippen LogP) is 2.49. The third-order valence-corrected chi connectivity index (χ3v) is 3.72. The van der Waals surface area contributed by atoms with E-state index >= 15 is 0 Å². The molecular formula is C14H20BrNO2. The Kier molecular flexibility index (Phi) is 4.65. The zero-order valence-corrected chi connectivity index (χ0v) is 12.5. The lowest BCUT2D eigenvalue weighted by molar-refractivity contribution is 0.123. The molecule has 100 valence electrons. The molecule has 2 N–H and O–H groups in total. The first-order valence-electron chi connectivity index (χ1n) is 6.41. The number of benzene rings is 1. The average molecular weight is 314 g/mol. The number of hydrogen-bond acceptors (Lipinski definition) is 3. The summed E-state index contributed by atoms with van der Waals surface area (Å²) < 4.78 is 6.76. The summed E-state index contributed by atoms with van der Waals surface area (Å²) in [6.45, 7) is 6.15. The van der Waals surface area contributed by atoms with Gasteiger partial charge in [-0.15, -0.1) is 0 Å². The van der Waals surface area contributed by atoms with Crippen molar-refractivity contribution < 1.29 is 9.84 Å². The summed E-state index contributed by atoms with van der Waals surface area (Å²) in [5, 5.41) is 13.0. The van der Waals surface area contributed by atoms with Gasteiger partial charge in [0.25, 0.3) is 0 Å². The Balaban J connectivity index is 1.98. The van der Waals surface area contributed by atoms with E-state index in [2.05, 4.69) is 33.4 Å². The van der Waals surface area contributed by atoms with Crippen LogP contribution in [0.5, 0.6) is 5.75 Å². The molecule has 1 aliphatic heterocycles. The van der Waals surface area contributed by atoms with E-state index in [9.17, 15) is 5.11 Å². The van der Waals surface area contributed by atoms with E-state index in [0.29, 0.717) is 6.54 Å². The second-order valence-electron chi connectivity index (χ2n) is 5.09. The number of nitrogens with one attached hydrogen (secondary N) is 1. The second kappa shape index (κ2) is 6.04. The van der Waals surface area contributed by atoms with Gasteiger partial charge in [-0.3, -0.25) is 0 Å². The van der Waals surface area contributed by atoms with Crippen LogP contribution >= 0.6 is 15.9 Å². The van der Waals surface area contributed by atoms with Gasteiger partial charge in [-0.05, 0) is 23.6 Å². The maximum atomic E-state index is 9.75. The summed E-state index contributed by atoms with van der Waals surface area (Å²) in [6, 6.07) is 4.20. The standard InChI is InChI=1S/C14H20BrNO2/c1-9(2)13(17)8-16-7-11-6-12(15)5-10-3-4-18-14(10)11/h5-6,9,13,16-17H,3-4,7-8H2,1-2H3. The number of ether oxygens (including phenoxy) is 1. The molecule has 3 nitrogen and oxygen atoms in total. The van der Waals surface area contributed by atoms with Crippen molar-refractivity contribution in [3.05, 3.63) is 27.7 Å². The first-order chi connectivity index (χ1) is 8.58. The molecule has 4 heteroatoms. The zero-order valence-electron chi connectivity index (χ0n) is 10.9. The lowest BCUT2D eigenvalue weighted by Crippen LogP contribution is -2.30. The summed E-state index contributed by atoms with van der Waals surface area (Å²) in [7, 11) is 0. The quantitative estimate of drug-likeness (QED) is 0.877. The molecule has 2 rings (SSSR count). The Bertz CT molecular complexity index is 421. The molecule has 1 unspecified atom stereocenters. The van der Waals surface area contributed by atoms with Crippen LogP contribution in [0.1, 0.15) is 25.0 Å². The van der Waals surface area contributed by atoms with Crippen LogP contribution in [-0.4, -0.2) is 24.4 Å². The van der Waals surface area contributed by atoms with Crippen molar-refractivity contribution in [2.75, 3.05) is 13.2 Å². The number of aliphatic hydroxyl groups excluding tert-OH is 1. The molecule has 0 aliphatic carbocycles. The van der Waals surface area contributed by atoms with Crippen LogP contribution in [0.3, 0.4) is 0 Å². The molecule has 1 atom stereocenters. The Morgan fingerprint density at radius 2 is 2.22 bits per heavy atom. The van der Waals surface area contributed by atoms with Crippen molar-refractivity contribution in [2.45, 2.75) is 32.9 Å². The first kappa shape index (κ1) is 13.8. The highest BCUT2D eigenvalue weighted by atomic mass is 79.9. The van der Waals surface area contributed by atoms with E-state index in [1.54, 1.807) is 0 Å². The van der Waals surface area contributed by atoms with Gasteiger partial charge in [-0.2, -0.15) is 0 Å². The van der Waals surface area contributed by atoms with Gasteiger partial charge in [0.2, 0.25) is 0 Å². The minimum Gasteiger partial charge on any atom is -0.493 e. The smallest absolute Gasteiger partial charge is 0.127 e. The Labute approximate surface area is 117 Å². The van der Waals surface area contributed by atoms with E-state index in [4.69, 9.17) is 4.74 Å². The average Bonchev–Trinajstić information content (AvgIpc) is 2.76. The lowest BCUT2D eigenvalue weighted by Gasteiger charge is -2.16. The first-order valence-corrected chi connectivity index (χ1v) is 7.20. The summed E-state index contributed by atoms with van der Waals surface area (Å²) >= 11 is 3.53. The lowest BCUT2D eigenvalue weighted by atomic mass is 10.1. The molecule has 0 amide bonds. The SMILES string of the molecule is CC(C)C(O)CNCc1cc(Br)cc2c1OCC2. The Morgan fingerprint density at radius 3 is 2.94 bits per heavy atom. The number of hydrogen-bond donors (Lipinski definition) is 2. The fourth-order valence-electron chi connectivity index (χ4n) is 2.07. The highest BCUT2D eigenvalue weighted by Gasteiger charge is 2.17. The van der Waals surface area contributed by atoms with Gasteiger partial charge in [0.1, 0.15) is 5.75 Å². The maximum Gasteiger partial charge on any atom is 0.127 e. The van der Waals surface area contributed by atoms with Gasteiger partial charge in [0.15, 0.2) is 0 Å². The van der Waals surface area contributed by atoms with Crippen LogP contribution in [0.15, 0.2) is 16.6 Å². The predicted molar refractivity (Wildman–Crippen MR) is 75.9 cm³/mol. The van der Waals surface area contributed by atoms with Crippen LogP contribution in [-0.2, 0) is 13.0 Å². The number of fused-ring (bicyclic) bond motifs is 1. The zero-order chi connectivity index (χ0) is 13.1. The molecule has 1 aliphatic rings. The second-order valence-corrected chi connectivity index (χ2v) is 6.01. The molecular weight excluding hydrogens is 294 g/mol. The van der Waals surface area contributed by atoms with Gasteiger partial charge < -0.3 is 15.2 Å². The van der Waals surface area contributed by atoms with Gasteiger partial charge in [0.05, 0.1) is 12.7 Å². The fraction of sp³-hybridized carbons (Fsp3) is 0.571. The van der Waals surface area contributed by atoms with Crippen LogP contribution in [0.25, 0.3) is 0 Å². The highest BCUT2D eigenvalue weighted by Crippen LogP contribution is 2.32. The molecule has 18 heavy (non-hydrogen) atoms. The minimum absolute atomic E-state index is 0.280. The van der Waals surface area contributed by atoms with E-state index in [1.807, 2.05) is 13.8 Å². The number of rotatable bonds is 5. The van der Waals surface area contributed by atoms with Crippen molar-refractivity contribution >= 4 is 15.9 Å². The summed E-state index contributed by atoms with van der Waals surface area (Å²) in [4.78, 5) is 0. The molecule has 0 saturated heterocycles. The van der Waals surface area contributed by atoms with Crippen molar-refractivity contribution in [3.63, 3.8) is 0 Å². The normalized spacial score (nSPS) is 15.6. The van der Waals surface area contributed by atoms with Crippen molar-refractivity contribution in [1.29, 1.82) is 0 Å². The van der Waals surface area contributed by atoms with E-state index in [0.717, 1.165) is 35.4 Å². The summed E-state index contributed by atoms with van der Waals surface area (Å²) in [5.41, 5.74) is 2.43. The third kappa shape index (κ3) is 3.25. The molecule has 0 spiro atoms. The van der Waals surface area contributed by atoms with Crippen molar-refractivity contribution in [1.82, 2.24) is 5.32 Å². The topological polar surface area (TPSA) is 41.5 Å². The van der Waals surface area contributed by atoms with Gasteiger partial charge in [-0.25, -0.2) is 0 Å². The van der Waals surface area contributed by atoms with Gasteiger partial charge in [0, 0.05) is 29.5 Å². The van der Waals surface area contributed by atoms with Crippen molar-refractivity contribution in [3.8, 4) is 5.75 Å². The Morgan fingerprint density at radius 1 is 1.44 bits per heavy atom. The molecule has 1 aromatic rings. The van der Waals surface area contributed by atoms with Crippen LogP contribution in [0, 0.1) is 5.92 Å². The van der Waals surface area contributed by atoms with Crippen LogP contribution < -0.4 is 10.1 Å². The molecule has 1 heterocycles. The molecule has 1 aromatic carbocycles. The molecule has 0 radical (unpaired) electrons. The number of halogens is 1. The van der Waals surface area contributed by atoms with E-state index in [-0.39, 0.29) is 12.0 Å². The largest absolute Gasteiger partial charge is 0.493 e. The van der Waals surface area contributed by atoms with Crippen LogP contribution in [0.2, 0.25) is 0 Å². The minimum atomic E-state index is -0.300. The van der Waals surface area contributed by atoms with Gasteiger partial charge in [-0.1, -0.05) is 29.8 Å². The highest BCUT2D eigenvalue weighted by molar-refractivity contribution is 9.10. The number of aliphatic hydroxyl groups is 1. The third-order valence-electron chi connectivity index (χ3n) is 3.26. The van der Waals surface area contributed by atoms with Crippen LogP contribution in [0.4, 0.5) is 0 Å². The monoisotopic (exact) mass is 313 g/mol. The van der Waals surface area contributed by atoms with Crippen molar-refractivity contribution in [2.24, 2.45) is 5.92 Å². The Hall–Kier alpha value is -0.580. The molecule has 0 bridgehead atoms. The van der Waals surface area contributed by atoms with Gasteiger partial charge >= 0.3 is 0 Å². The molecule has 0 aromatic heterocycles. The van der Waals surface area contributed by atoms with E-state index < -0.39 is 0 Å².